The third-order valence-corrected chi connectivity index (χ3v) is 3.85. The number of hydrogen-bond donors (Lipinski definition) is 0. The van der Waals surface area contributed by atoms with Crippen LogP contribution in [0.25, 0.3) is 0 Å². The Bertz CT molecular complexity index is 187. The molecule has 0 aromatic rings. The van der Waals surface area contributed by atoms with Crippen LogP contribution >= 0.6 is 0 Å². The first-order chi connectivity index (χ1) is 6.79. The number of rotatable bonds is 6. The van der Waals surface area contributed by atoms with E-state index in [1.807, 2.05) is 0 Å². The van der Waals surface area contributed by atoms with Crippen LogP contribution in [0.3, 0.4) is 0 Å². The van der Waals surface area contributed by atoms with Gasteiger partial charge in [-0.1, -0.05) is 6.92 Å². The summed E-state index contributed by atoms with van der Waals surface area (Å²) >= 11 is 0. The summed E-state index contributed by atoms with van der Waals surface area (Å²) in [6.07, 6.45) is 5.52. The zero-order valence-corrected chi connectivity index (χ0v) is 9.59. The first-order valence-corrected chi connectivity index (χ1v) is 6.11. The minimum absolute atomic E-state index is 0.559. The molecule has 2 aliphatic rings. The monoisotopic (exact) mass is 197 g/mol. The van der Waals surface area contributed by atoms with Gasteiger partial charge >= 0.3 is 0 Å². The van der Waals surface area contributed by atoms with Gasteiger partial charge in [-0.2, -0.15) is 0 Å². The molecule has 2 fully saturated rings. The van der Waals surface area contributed by atoms with Crippen molar-refractivity contribution >= 4 is 0 Å². The van der Waals surface area contributed by atoms with Gasteiger partial charge in [0.15, 0.2) is 0 Å². The molecule has 82 valence electrons. The van der Waals surface area contributed by atoms with E-state index in [1.54, 1.807) is 0 Å². The molecular weight excluding hydrogens is 174 g/mol. The summed E-state index contributed by atoms with van der Waals surface area (Å²) in [4.78, 5) is 2.66. The third-order valence-electron chi connectivity index (χ3n) is 3.85. The average molecular weight is 197 g/mol. The van der Waals surface area contributed by atoms with Gasteiger partial charge in [0.25, 0.3) is 0 Å². The fourth-order valence-corrected chi connectivity index (χ4v) is 2.44. The van der Waals surface area contributed by atoms with Crippen LogP contribution in [0.4, 0.5) is 0 Å². The Labute approximate surface area is 87.6 Å². The number of hydrogen-bond acceptors (Lipinski definition) is 2. The number of nitrogens with zero attached hydrogens (tertiary/aromatic N) is 1. The SMILES string of the molecule is CCOCC1(CN2CCC2CC)CC1. The van der Waals surface area contributed by atoms with Crippen LogP contribution in [0.15, 0.2) is 0 Å². The molecule has 2 rings (SSSR count). The second-order valence-corrected chi connectivity index (χ2v) is 4.96. The molecule has 14 heavy (non-hydrogen) atoms. The Kier molecular flexibility index (Phi) is 3.13. The van der Waals surface area contributed by atoms with Crippen molar-refractivity contribution in [3.63, 3.8) is 0 Å². The lowest BCUT2D eigenvalue weighted by molar-refractivity contribution is 0.0267. The van der Waals surface area contributed by atoms with Gasteiger partial charge in [-0.3, -0.25) is 4.90 Å². The van der Waals surface area contributed by atoms with E-state index < -0.39 is 0 Å². The minimum atomic E-state index is 0.559. The lowest BCUT2D eigenvalue weighted by atomic mass is 9.97. The average Bonchev–Trinajstić information content (AvgIpc) is 2.91. The van der Waals surface area contributed by atoms with Crippen molar-refractivity contribution in [2.24, 2.45) is 5.41 Å². The van der Waals surface area contributed by atoms with Gasteiger partial charge in [-0.05, 0) is 39.2 Å². The van der Waals surface area contributed by atoms with Gasteiger partial charge in [0, 0.05) is 24.6 Å². The Morgan fingerprint density at radius 3 is 2.57 bits per heavy atom. The standard InChI is InChI=1S/C12H23NO/c1-3-11-5-8-13(11)9-12(6-7-12)10-14-4-2/h11H,3-10H2,1-2H3. The summed E-state index contributed by atoms with van der Waals surface area (Å²) < 4.78 is 5.57. The highest BCUT2D eigenvalue weighted by molar-refractivity contribution is 4.98. The van der Waals surface area contributed by atoms with Crippen molar-refractivity contribution in [2.45, 2.75) is 45.6 Å². The normalized spacial score (nSPS) is 30.0. The highest BCUT2D eigenvalue weighted by atomic mass is 16.5. The molecule has 0 aromatic carbocycles. The summed E-state index contributed by atoms with van der Waals surface area (Å²) in [7, 11) is 0. The van der Waals surface area contributed by atoms with Gasteiger partial charge in [0.2, 0.25) is 0 Å². The first-order valence-electron chi connectivity index (χ1n) is 6.11. The molecule has 2 heteroatoms. The molecule has 0 spiro atoms. The maximum absolute atomic E-state index is 5.57. The smallest absolute Gasteiger partial charge is 0.0534 e. The number of ether oxygens (including phenoxy) is 1. The highest BCUT2D eigenvalue weighted by Gasteiger charge is 2.46. The maximum atomic E-state index is 5.57. The molecule has 1 aliphatic heterocycles. The second-order valence-electron chi connectivity index (χ2n) is 4.96. The lowest BCUT2D eigenvalue weighted by Gasteiger charge is -2.42. The Morgan fingerprint density at radius 2 is 2.14 bits per heavy atom. The molecule has 0 bridgehead atoms. The van der Waals surface area contributed by atoms with Gasteiger partial charge in [-0.25, -0.2) is 0 Å². The van der Waals surface area contributed by atoms with Gasteiger partial charge < -0.3 is 4.74 Å². The predicted octanol–water partition coefficient (Wildman–Crippen LogP) is 2.29. The minimum Gasteiger partial charge on any atom is -0.381 e. The molecule has 2 nitrogen and oxygen atoms in total. The predicted molar refractivity (Wildman–Crippen MR) is 58.4 cm³/mol. The molecular formula is C12H23NO. The van der Waals surface area contributed by atoms with Crippen molar-refractivity contribution in [2.75, 3.05) is 26.3 Å². The molecule has 0 amide bonds. The van der Waals surface area contributed by atoms with E-state index in [1.165, 1.54) is 38.8 Å². The van der Waals surface area contributed by atoms with E-state index in [-0.39, 0.29) is 0 Å². The van der Waals surface area contributed by atoms with Crippen LogP contribution in [0.5, 0.6) is 0 Å². The van der Waals surface area contributed by atoms with Crippen molar-refractivity contribution in [3.8, 4) is 0 Å². The number of likely N-dealkylation sites (tertiary alicyclic amines) is 1. The van der Waals surface area contributed by atoms with E-state index in [2.05, 4.69) is 18.7 Å². The van der Waals surface area contributed by atoms with Crippen LogP contribution in [-0.4, -0.2) is 37.2 Å². The van der Waals surface area contributed by atoms with Crippen LogP contribution < -0.4 is 0 Å². The molecule has 0 radical (unpaired) electrons. The summed E-state index contributed by atoms with van der Waals surface area (Å²) in [6, 6.07) is 0.883. The Hall–Kier alpha value is -0.0800. The quantitative estimate of drug-likeness (QED) is 0.648. The topological polar surface area (TPSA) is 12.5 Å². The fraction of sp³-hybridized carbons (Fsp3) is 1.00. The van der Waals surface area contributed by atoms with Crippen LogP contribution in [0, 0.1) is 5.41 Å². The van der Waals surface area contributed by atoms with E-state index in [4.69, 9.17) is 4.74 Å². The highest BCUT2D eigenvalue weighted by Crippen LogP contribution is 2.47. The summed E-state index contributed by atoms with van der Waals surface area (Å²) in [6.45, 7) is 8.89. The summed E-state index contributed by atoms with van der Waals surface area (Å²) in [5, 5.41) is 0. The zero-order valence-electron chi connectivity index (χ0n) is 9.59. The molecule has 1 saturated carbocycles. The van der Waals surface area contributed by atoms with E-state index in [0.29, 0.717) is 5.41 Å². The van der Waals surface area contributed by atoms with E-state index in [9.17, 15) is 0 Å². The fourth-order valence-electron chi connectivity index (χ4n) is 2.44. The summed E-state index contributed by atoms with van der Waals surface area (Å²) in [5.41, 5.74) is 0.559. The van der Waals surface area contributed by atoms with Crippen LogP contribution in [-0.2, 0) is 4.74 Å². The molecule has 1 atom stereocenters. The Balaban J connectivity index is 1.73. The van der Waals surface area contributed by atoms with Crippen LogP contribution in [0.2, 0.25) is 0 Å². The van der Waals surface area contributed by atoms with Gasteiger partial charge in [-0.15, -0.1) is 0 Å². The molecule has 1 aliphatic carbocycles. The zero-order chi connectivity index (χ0) is 10.0. The largest absolute Gasteiger partial charge is 0.381 e. The molecule has 0 aromatic heterocycles. The lowest BCUT2D eigenvalue weighted by Crippen LogP contribution is -2.50. The van der Waals surface area contributed by atoms with Crippen molar-refractivity contribution in [1.29, 1.82) is 0 Å². The van der Waals surface area contributed by atoms with Gasteiger partial charge in [0.1, 0.15) is 0 Å². The van der Waals surface area contributed by atoms with Crippen LogP contribution in [0.1, 0.15) is 39.5 Å². The van der Waals surface area contributed by atoms with Crippen molar-refractivity contribution in [3.05, 3.63) is 0 Å². The molecule has 1 saturated heterocycles. The Morgan fingerprint density at radius 1 is 1.36 bits per heavy atom. The van der Waals surface area contributed by atoms with E-state index in [0.717, 1.165) is 19.3 Å². The third kappa shape index (κ3) is 2.12. The first kappa shape index (κ1) is 10.4. The molecule has 0 N–H and O–H groups in total. The molecule has 1 heterocycles. The second kappa shape index (κ2) is 4.19. The van der Waals surface area contributed by atoms with Crippen molar-refractivity contribution < 1.29 is 4.74 Å². The summed E-state index contributed by atoms with van der Waals surface area (Å²) in [5.74, 6) is 0. The van der Waals surface area contributed by atoms with Gasteiger partial charge in [0.05, 0.1) is 6.61 Å². The van der Waals surface area contributed by atoms with Crippen molar-refractivity contribution in [1.82, 2.24) is 4.90 Å². The van der Waals surface area contributed by atoms with E-state index >= 15 is 0 Å². The maximum Gasteiger partial charge on any atom is 0.0534 e. The molecule has 1 unspecified atom stereocenters.